The fourth-order valence-corrected chi connectivity index (χ4v) is 5.57. The predicted molar refractivity (Wildman–Crippen MR) is 123 cm³/mol. The summed E-state index contributed by atoms with van der Waals surface area (Å²) >= 11 is 0. The maximum Gasteiger partial charge on any atom is 0.310 e. The Hall–Kier alpha value is -3.04. The van der Waals surface area contributed by atoms with E-state index in [1.807, 2.05) is 42.5 Å². The topological polar surface area (TPSA) is 63.9 Å². The van der Waals surface area contributed by atoms with Crippen LogP contribution in [0.4, 0.5) is 11.4 Å². The molecule has 31 heavy (non-hydrogen) atoms. The molecule has 1 heterocycles. The van der Waals surface area contributed by atoms with Crippen LogP contribution in [0.1, 0.15) is 25.7 Å². The second-order valence-electron chi connectivity index (χ2n) is 8.87. The Bertz CT molecular complexity index is 944. The Balaban J connectivity index is 1.16. The van der Waals surface area contributed by atoms with Crippen molar-refractivity contribution in [3.8, 4) is 11.9 Å². The summed E-state index contributed by atoms with van der Waals surface area (Å²) in [7, 11) is 0. The van der Waals surface area contributed by atoms with E-state index in [0.717, 1.165) is 49.7 Å². The molecule has 1 N–H and O–H groups in total. The molecular formula is C25H29N5O. The molecule has 2 aliphatic carbocycles. The number of nitriles is 1. The van der Waals surface area contributed by atoms with Crippen molar-refractivity contribution in [3.63, 3.8) is 0 Å². The molecule has 0 spiro atoms. The average molecular weight is 416 g/mol. The molecule has 3 atom stereocenters. The Labute approximate surface area is 184 Å². The second-order valence-corrected chi connectivity index (χ2v) is 8.87. The summed E-state index contributed by atoms with van der Waals surface area (Å²) in [6.07, 6.45) is 7.63. The maximum absolute atomic E-state index is 8.97. The molecule has 160 valence electrons. The van der Waals surface area contributed by atoms with Gasteiger partial charge < -0.3 is 15.0 Å². The first-order chi connectivity index (χ1) is 15.3. The number of aliphatic imine (C=N–C) groups is 1. The molecule has 0 aromatic heterocycles. The van der Waals surface area contributed by atoms with Gasteiger partial charge >= 0.3 is 6.02 Å². The van der Waals surface area contributed by atoms with Gasteiger partial charge in [-0.1, -0.05) is 24.6 Å². The van der Waals surface area contributed by atoms with Crippen molar-refractivity contribution in [1.29, 1.82) is 5.26 Å². The maximum atomic E-state index is 8.97. The number of anilines is 2. The van der Waals surface area contributed by atoms with Crippen LogP contribution in [0.3, 0.4) is 0 Å². The molecule has 2 saturated carbocycles. The fraction of sp³-hybridized carbons (Fsp3) is 0.440. The normalized spacial score (nSPS) is 26.0. The van der Waals surface area contributed by atoms with E-state index in [1.54, 1.807) is 6.19 Å². The highest BCUT2D eigenvalue weighted by Crippen LogP contribution is 2.46. The highest BCUT2D eigenvalue weighted by Gasteiger charge is 2.42. The number of hydrogen-bond acceptors (Lipinski definition) is 5. The molecule has 1 aliphatic heterocycles. The first-order valence-electron chi connectivity index (χ1n) is 11.3. The highest BCUT2D eigenvalue weighted by molar-refractivity contribution is 5.91. The van der Waals surface area contributed by atoms with Crippen molar-refractivity contribution in [2.75, 3.05) is 36.4 Å². The van der Waals surface area contributed by atoms with Crippen LogP contribution in [0, 0.1) is 23.3 Å². The first kappa shape index (κ1) is 19.9. The van der Waals surface area contributed by atoms with Gasteiger partial charge in [0, 0.05) is 43.6 Å². The summed E-state index contributed by atoms with van der Waals surface area (Å²) in [5.41, 5.74) is 2.08. The molecule has 0 amide bonds. The second kappa shape index (κ2) is 8.99. The van der Waals surface area contributed by atoms with Crippen LogP contribution >= 0.6 is 0 Å². The van der Waals surface area contributed by atoms with Crippen molar-refractivity contribution in [3.05, 3.63) is 54.6 Å². The fourth-order valence-electron chi connectivity index (χ4n) is 5.57. The number of nitrogens with one attached hydrogen (secondary N) is 1. The highest BCUT2D eigenvalue weighted by atomic mass is 16.5. The molecular weight excluding hydrogens is 386 g/mol. The summed E-state index contributed by atoms with van der Waals surface area (Å²) < 4.78 is 5.69. The predicted octanol–water partition coefficient (Wildman–Crippen LogP) is 4.33. The summed E-state index contributed by atoms with van der Waals surface area (Å²) in [6, 6.07) is 18.6. The lowest BCUT2D eigenvalue weighted by molar-refractivity contribution is 0.135. The molecule has 3 unspecified atom stereocenters. The number of benzene rings is 2. The third-order valence-corrected chi connectivity index (χ3v) is 7.08. The van der Waals surface area contributed by atoms with Gasteiger partial charge in [0.2, 0.25) is 6.19 Å². The summed E-state index contributed by atoms with van der Waals surface area (Å²) in [5, 5.41) is 12.1. The molecule has 1 saturated heterocycles. The number of hydrogen-bond donors (Lipinski definition) is 1. The van der Waals surface area contributed by atoms with Gasteiger partial charge in [-0.3, -0.25) is 4.90 Å². The monoisotopic (exact) mass is 415 g/mol. The van der Waals surface area contributed by atoms with Crippen LogP contribution in [0.2, 0.25) is 0 Å². The number of amidine groups is 1. The van der Waals surface area contributed by atoms with Crippen molar-refractivity contribution in [2.24, 2.45) is 16.8 Å². The Kier molecular flexibility index (Phi) is 5.77. The molecule has 6 nitrogen and oxygen atoms in total. The van der Waals surface area contributed by atoms with Gasteiger partial charge in [-0.2, -0.15) is 5.26 Å². The molecule has 5 rings (SSSR count). The zero-order chi connectivity index (χ0) is 21.0. The smallest absolute Gasteiger partial charge is 0.310 e. The number of rotatable bonds is 4. The minimum absolute atomic E-state index is 0.168. The number of ether oxygens (including phenoxy) is 1. The molecule has 2 aromatic rings. The van der Waals surface area contributed by atoms with E-state index >= 15 is 0 Å². The van der Waals surface area contributed by atoms with Gasteiger partial charge in [0.15, 0.2) is 0 Å². The average Bonchev–Trinajstić information content (AvgIpc) is 3.45. The van der Waals surface area contributed by atoms with E-state index in [4.69, 9.17) is 10.00 Å². The minimum atomic E-state index is 0.168. The van der Waals surface area contributed by atoms with Gasteiger partial charge in [0.1, 0.15) is 5.75 Å². The van der Waals surface area contributed by atoms with E-state index in [-0.39, 0.29) is 6.02 Å². The van der Waals surface area contributed by atoms with Gasteiger partial charge in [-0.25, -0.2) is 0 Å². The lowest BCUT2D eigenvalue weighted by Gasteiger charge is -2.41. The third-order valence-electron chi connectivity index (χ3n) is 7.08. The number of nitrogens with zero attached hydrogens (tertiary/aromatic N) is 4. The van der Waals surface area contributed by atoms with Gasteiger partial charge in [-0.15, -0.1) is 4.99 Å². The van der Waals surface area contributed by atoms with Crippen molar-refractivity contribution in [1.82, 2.24) is 4.90 Å². The molecule has 2 aromatic carbocycles. The molecule has 2 bridgehead atoms. The van der Waals surface area contributed by atoms with Crippen molar-refractivity contribution >= 4 is 17.4 Å². The number of piperazine rings is 1. The summed E-state index contributed by atoms with van der Waals surface area (Å²) in [6.45, 7) is 4.49. The van der Waals surface area contributed by atoms with E-state index in [2.05, 4.69) is 32.2 Å². The first-order valence-corrected chi connectivity index (χ1v) is 11.3. The Morgan fingerprint density at radius 2 is 1.74 bits per heavy atom. The summed E-state index contributed by atoms with van der Waals surface area (Å²) in [5.74, 6) is 2.60. The van der Waals surface area contributed by atoms with Crippen LogP contribution in [-0.4, -0.2) is 43.1 Å². The number of para-hydroxylation sites is 1. The van der Waals surface area contributed by atoms with Crippen LogP contribution in [0.25, 0.3) is 0 Å². The van der Waals surface area contributed by atoms with Crippen LogP contribution < -0.4 is 15.0 Å². The zero-order valence-electron chi connectivity index (χ0n) is 17.8. The quantitative estimate of drug-likeness (QED) is 0.458. The Morgan fingerprint density at radius 1 is 0.968 bits per heavy atom. The van der Waals surface area contributed by atoms with E-state index < -0.39 is 0 Å². The van der Waals surface area contributed by atoms with Crippen LogP contribution in [0.15, 0.2) is 59.6 Å². The standard InChI is InChI=1S/C25H29N5O/c26-18-27-25(31-23-4-2-1-3-5-23)28-21-8-10-22(11-9-21)29-12-14-30(15-13-29)24-17-19-6-7-20(24)16-19/h1-5,8-11,19-20,24H,6-7,12-17H2,(H,27,28). The van der Waals surface area contributed by atoms with Crippen LogP contribution in [0.5, 0.6) is 5.75 Å². The number of fused-ring (bicyclic) bond motifs is 2. The molecule has 6 heteroatoms. The van der Waals surface area contributed by atoms with Gasteiger partial charge in [0.05, 0.1) is 0 Å². The Morgan fingerprint density at radius 3 is 2.39 bits per heavy atom. The lowest BCUT2D eigenvalue weighted by atomic mass is 9.93. The van der Waals surface area contributed by atoms with Gasteiger partial charge in [0.25, 0.3) is 0 Å². The largest absolute Gasteiger partial charge is 0.425 e. The third kappa shape index (κ3) is 4.52. The SMILES string of the molecule is N#CN=C(Nc1ccc(N2CCN(C3CC4CCC3C4)CC2)cc1)Oc1ccccc1. The van der Waals surface area contributed by atoms with E-state index in [0.29, 0.717) is 5.75 Å². The van der Waals surface area contributed by atoms with E-state index in [1.165, 1.54) is 31.4 Å². The molecule has 0 radical (unpaired) electrons. The van der Waals surface area contributed by atoms with Crippen molar-refractivity contribution in [2.45, 2.75) is 31.7 Å². The zero-order valence-corrected chi connectivity index (χ0v) is 17.8. The minimum Gasteiger partial charge on any atom is -0.425 e. The van der Waals surface area contributed by atoms with Crippen molar-refractivity contribution < 1.29 is 4.74 Å². The molecule has 3 aliphatic rings. The van der Waals surface area contributed by atoms with E-state index in [9.17, 15) is 0 Å². The van der Waals surface area contributed by atoms with Crippen LogP contribution in [-0.2, 0) is 0 Å². The lowest BCUT2D eigenvalue weighted by Crippen LogP contribution is -2.51. The summed E-state index contributed by atoms with van der Waals surface area (Å²) in [4.78, 5) is 8.98. The van der Waals surface area contributed by atoms with Gasteiger partial charge in [-0.05, 0) is 67.5 Å². The molecule has 3 fully saturated rings.